The number of carbonyl (C=O) groups is 1. The summed E-state index contributed by atoms with van der Waals surface area (Å²) in [6.45, 7) is 1.77. The van der Waals surface area contributed by atoms with Gasteiger partial charge in [-0.3, -0.25) is 4.79 Å². The van der Waals surface area contributed by atoms with Crippen LogP contribution in [0.2, 0.25) is 0 Å². The van der Waals surface area contributed by atoms with E-state index in [2.05, 4.69) is 19.2 Å². The molecule has 0 aliphatic carbocycles. The van der Waals surface area contributed by atoms with Crippen LogP contribution in [0.3, 0.4) is 0 Å². The van der Waals surface area contributed by atoms with Gasteiger partial charge in [-0.15, -0.1) is 0 Å². The second-order valence-corrected chi connectivity index (χ2v) is 26.1. The summed E-state index contributed by atoms with van der Waals surface area (Å²) in [4.78, 5) is 13.3. The smallest absolute Gasteiger partial charge is 0.220 e. The van der Waals surface area contributed by atoms with Gasteiger partial charge >= 0.3 is 0 Å². The van der Waals surface area contributed by atoms with Gasteiger partial charge in [0.15, 0.2) is 18.9 Å². The van der Waals surface area contributed by atoms with E-state index in [1.165, 1.54) is 205 Å². The Morgan fingerprint density at radius 2 is 0.655 bits per heavy atom. The highest BCUT2D eigenvalue weighted by Crippen LogP contribution is 2.33. The Morgan fingerprint density at radius 1 is 0.368 bits per heavy atom. The monoisotopic (exact) mass is 1250 g/mol. The van der Waals surface area contributed by atoms with Gasteiger partial charge in [0.2, 0.25) is 5.91 Å². The van der Waals surface area contributed by atoms with E-state index in [0.29, 0.717) is 12.8 Å². The molecule has 516 valence electrons. The summed E-state index contributed by atoms with van der Waals surface area (Å²) < 4.78 is 34.3. The number of aliphatic hydroxyl groups excluding tert-OH is 11. The van der Waals surface area contributed by atoms with Gasteiger partial charge in [0.1, 0.15) is 73.2 Å². The van der Waals surface area contributed by atoms with Crippen LogP contribution in [0.4, 0.5) is 0 Å². The van der Waals surface area contributed by atoms with Crippen LogP contribution in [0, 0.1) is 0 Å². The molecule has 0 saturated carbocycles. The van der Waals surface area contributed by atoms with E-state index >= 15 is 0 Å². The molecule has 19 heteroatoms. The molecular formula is C68H131NO18. The Balaban J connectivity index is 1.26. The maximum Gasteiger partial charge on any atom is 0.220 e. The Bertz CT molecular complexity index is 1590. The van der Waals surface area contributed by atoms with E-state index in [-0.39, 0.29) is 18.9 Å². The number of hydrogen-bond donors (Lipinski definition) is 12. The fourth-order valence-corrected chi connectivity index (χ4v) is 12.6. The molecule has 0 spiro atoms. The first-order chi connectivity index (χ1) is 42.3. The summed E-state index contributed by atoms with van der Waals surface area (Å²) in [5.41, 5.74) is 0. The number of ether oxygens (including phenoxy) is 6. The van der Waals surface area contributed by atoms with Crippen LogP contribution in [0.5, 0.6) is 0 Å². The van der Waals surface area contributed by atoms with E-state index in [9.17, 15) is 61.0 Å². The molecule has 0 aromatic carbocycles. The SMILES string of the molecule is CCCCCCCCCCCCCCCCCCCCCCCCCCCCCCCCCCCCCC(=O)NC(COC1OC(CO)C(OC2OC(CO)C(OC3OC(CO)C(O)C(O)C3O)C(O)C2O)C(O)C1O)C(O)CCCCCCCCC. The summed E-state index contributed by atoms with van der Waals surface area (Å²) in [6.07, 6.45) is 28.5. The number of carbonyl (C=O) groups excluding carboxylic acids is 1. The fraction of sp³-hybridized carbons (Fsp3) is 0.985. The summed E-state index contributed by atoms with van der Waals surface area (Å²) in [7, 11) is 0. The van der Waals surface area contributed by atoms with Crippen LogP contribution in [-0.2, 0) is 33.2 Å². The highest BCUT2D eigenvalue weighted by atomic mass is 16.8. The maximum absolute atomic E-state index is 13.3. The van der Waals surface area contributed by atoms with E-state index < -0.39 is 124 Å². The molecule has 3 aliphatic heterocycles. The van der Waals surface area contributed by atoms with Gasteiger partial charge < -0.3 is 89.9 Å². The second-order valence-electron chi connectivity index (χ2n) is 26.1. The minimum Gasteiger partial charge on any atom is -0.394 e. The quantitative estimate of drug-likeness (QED) is 0.0252. The lowest BCUT2D eigenvalue weighted by Gasteiger charge is -2.48. The number of aliphatic hydroxyl groups is 11. The van der Waals surface area contributed by atoms with E-state index in [1.54, 1.807) is 0 Å². The normalized spacial score (nSPS) is 28.5. The first kappa shape index (κ1) is 80.0. The summed E-state index contributed by atoms with van der Waals surface area (Å²) in [6, 6.07) is -0.879. The number of rotatable bonds is 56. The summed E-state index contributed by atoms with van der Waals surface area (Å²) in [5.74, 6) is -0.240. The van der Waals surface area contributed by atoms with Crippen LogP contribution in [0.25, 0.3) is 0 Å². The highest BCUT2D eigenvalue weighted by molar-refractivity contribution is 5.76. The van der Waals surface area contributed by atoms with Crippen molar-refractivity contribution < 1.29 is 89.4 Å². The molecule has 0 aromatic heterocycles. The van der Waals surface area contributed by atoms with E-state index in [0.717, 1.165) is 57.8 Å². The number of unbranched alkanes of at least 4 members (excludes halogenated alkanes) is 40. The molecule has 1 amide bonds. The molecule has 0 bridgehead atoms. The second kappa shape index (κ2) is 51.2. The molecule has 3 heterocycles. The Morgan fingerprint density at radius 3 is 1.00 bits per heavy atom. The minimum absolute atomic E-state index is 0.240. The van der Waals surface area contributed by atoms with Crippen molar-refractivity contribution in [1.82, 2.24) is 5.32 Å². The molecule has 3 rings (SSSR count). The topological polar surface area (TPSA) is 307 Å². The molecule has 0 radical (unpaired) electrons. The molecule has 17 unspecified atom stereocenters. The van der Waals surface area contributed by atoms with Gasteiger partial charge in [-0.25, -0.2) is 0 Å². The molecule has 0 aromatic rings. The molecule has 3 fully saturated rings. The fourth-order valence-electron chi connectivity index (χ4n) is 12.6. The maximum atomic E-state index is 13.3. The molecule has 3 saturated heterocycles. The first-order valence-electron chi connectivity index (χ1n) is 35.8. The third-order valence-corrected chi connectivity index (χ3v) is 18.4. The van der Waals surface area contributed by atoms with Crippen LogP contribution in [0.1, 0.15) is 296 Å². The van der Waals surface area contributed by atoms with Gasteiger partial charge in [0, 0.05) is 6.42 Å². The first-order valence-corrected chi connectivity index (χ1v) is 35.8. The van der Waals surface area contributed by atoms with Crippen LogP contribution >= 0.6 is 0 Å². The highest BCUT2D eigenvalue weighted by Gasteiger charge is 2.53. The zero-order chi connectivity index (χ0) is 63.3. The van der Waals surface area contributed by atoms with Gasteiger partial charge in [0.25, 0.3) is 0 Å². The zero-order valence-electron chi connectivity index (χ0n) is 54.5. The molecular weight excluding hydrogens is 1120 g/mol. The minimum atomic E-state index is -1.97. The number of nitrogens with one attached hydrogen (secondary N) is 1. The van der Waals surface area contributed by atoms with E-state index in [4.69, 9.17) is 28.4 Å². The molecule has 87 heavy (non-hydrogen) atoms. The van der Waals surface area contributed by atoms with E-state index in [1.807, 2.05) is 0 Å². The standard InChI is InChI=1S/C68H131NO18/c1-3-5-7-9-11-12-13-14-15-16-17-18-19-20-21-22-23-24-25-26-27-28-29-30-31-32-33-34-35-36-37-38-40-42-44-46-56(74)69-51(52(73)45-43-41-39-10-8-6-4-2)50-82-66-62(80)59(77)64(54(48-71)84-66)87-68-63(81)60(78)65(55(49-72)85-68)86-67-61(79)58(76)57(75)53(47-70)83-67/h51-55,57-68,70-73,75-81H,3-50H2,1-2H3,(H,69,74). The molecule has 3 aliphatic rings. The molecule has 19 nitrogen and oxygen atoms in total. The van der Waals surface area contributed by atoms with Gasteiger partial charge in [-0.05, 0) is 12.8 Å². The lowest BCUT2D eigenvalue weighted by molar-refractivity contribution is -0.379. The van der Waals surface area contributed by atoms with Crippen LogP contribution in [0.15, 0.2) is 0 Å². The van der Waals surface area contributed by atoms with Crippen molar-refractivity contribution in [3.05, 3.63) is 0 Å². The van der Waals surface area contributed by atoms with Gasteiger partial charge in [0.05, 0.1) is 38.6 Å². The third-order valence-electron chi connectivity index (χ3n) is 18.4. The van der Waals surface area contributed by atoms with Crippen molar-refractivity contribution in [2.75, 3.05) is 26.4 Å². The Kier molecular flexibility index (Phi) is 47.1. The lowest BCUT2D eigenvalue weighted by Crippen LogP contribution is -2.66. The average molecular weight is 1250 g/mol. The summed E-state index contributed by atoms with van der Waals surface area (Å²) >= 11 is 0. The lowest BCUT2D eigenvalue weighted by atomic mass is 9.96. The van der Waals surface area contributed by atoms with Crippen molar-refractivity contribution in [2.45, 2.75) is 401 Å². The predicted octanol–water partition coefficient (Wildman–Crippen LogP) is 9.50. The van der Waals surface area contributed by atoms with Crippen molar-refractivity contribution in [1.29, 1.82) is 0 Å². The van der Waals surface area contributed by atoms with Crippen molar-refractivity contribution in [3.8, 4) is 0 Å². The molecule has 17 atom stereocenters. The largest absolute Gasteiger partial charge is 0.394 e. The Hall–Kier alpha value is -1.21. The number of hydrogen-bond acceptors (Lipinski definition) is 18. The average Bonchev–Trinajstić information content (AvgIpc) is 2.35. The van der Waals surface area contributed by atoms with Gasteiger partial charge in [-0.2, -0.15) is 0 Å². The van der Waals surface area contributed by atoms with Crippen molar-refractivity contribution >= 4 is 5.91 Å². The van der Waals surface area contributed by atoms with Crippen LogP contribution < -0.4 is 5.32 Å². The third kappa shape index (κ3) is 33.5. The van der Waals surface area contributed by atoms with Crippen molar-refractivity contribution in [2.24, 2.45) is 0 Å². The zero-order valence-corrected chi connectivity index (χ0v) is 54.5. The summed E-state index contributed by atoms with van der Waals surface area (Å²) in [5, 5.41) is 120. The van der Waals surface area contributed by atoms with Crippen molar-refractivity contribution in [3.63, 3.8) is 0 Å². The molecule has 12 N–H and O–H groups in total. The van der Waals surface area contributed by atoms with Gasteiger partial charge in [-0.1, -0.05) is 277 Å². The Labute approximate surface area is 525 Å². The van der Waals surface area contributed by atoms with Crippen LogP contribution in [-0.4, -0.2) is 193 Å². The number of amides is 1. The predicted molar refractivity (Wildman–Crippen MR) is 337 cm³/mol.